The molecule has 0 radical (unpaired) electrons. The maximum Gasteiger partial charge on any atom is 0.237 e. The van der Waals surface area contributed by atoms with Crippen molar-refractivity contribution in [3.05, 3.63) is 47.9 Å². The van der Waals surface area contributed by atoms with Gasteiger partial charge >= 0.3 is 0 Å². The molecule has 0 bridgehead atoms. The third kappa shape index (κ3) is 3.73. The minimum Gasteiger partial charge on any atom is -0.368 e. The molecule has 0 fully saturated rings. The van der Waals surface area contributed by atoms with Crippen molar-refractivity contribution in [1.82, 2.24) is 19.7 Å². The molecule has 3 rings (SSSR count). The predicted octanol–water partition coefficient (Wildman–Crippen LogP) is 2.34. The molecule has 0 unspecified atom stereocenters. The van der Waals surface area contributed by atoms with Crippen LogP contribution in [0.2, 0.25) is 0 Å². The molecule has 0 saturated heterocycles. The van der Waals surface area contributed by atoms with Crippen LogP contribution in [0.15, 0.2) is 41.6 Å². The van der Waals surface area contributed by atoms with E-state index in [1.165, 1.54) is 0 Å². The summed E-state index contributed by atoms with van der Waals surface area (Å²) in [6, 6.07) is 12.2. The zero-order chi connectivity index (χ0) is 17.1. The van der Waals surface area contributed by atoms with Gasteiger partial charge in [-0.3, -0.25) is 14.3 Å². The van der Waals surface area contributed by atoms with Crippen molar-refractivity contribution in [1.29, 1.82) is 0 Å². The summed E-state index contributed by atoms with van der Waals surface area (Å²) < 4.78 is 1.75. The van der Waals surface area contributed by atoms with E-state index < -0.39 is 5.91 Å². The fraction of sp³-hybridized carbons (Fsp3) is 0.294. The largest absolute Gasteiger partial charge is 0.368 e. The summed E-state index contributed by atoms with van der Waals surface area (Å²) in [6.45, 7) is 4.03. The number of carbonyl (C=O) groups excluding carboxylic acids is 1. The molecular weight excluding hydrogens is 322 g/mol. The number of primary amides is 1. The zero-order valence-corrected chi connectivity index (χ0v) is 14.5. The Morgan fingerprint density at radius 1 is 1.25 bits per heavy atom. The lowest BCUT2D eigenvalue weighted by Gasteiger charge is -2.12. The Morgan fingerprint density at radius 2 is 2.04 bits per heavy atom. The number of carbonyl (C=O) groups is 1. The SMILES string of the molecule is Cc1nnc(S[C@@H](C)Cc2ccc3ccccc3n2)n1CC(N)=O. The van der Waals surface area contributed by atoms with Crippen molar-refractivity contribution in [2.45, 2.75) is 37.2 Å². The predicted molar refractivity (Wildman–Crippen MR) is 94.7 cm³/mol. The van der Waals surface area contributed by atoms with Gasteiger partial charge in [0.2, 0.25) is 5.91 Å². The van der Waals surface area contributed by atoms with E-state index in [1.807, 2.05) is 25.1 Å². The molecule has 124 valence electrons. The number of nitrogens with zero attached hydrogens (tertiary/aromatic N) is 4. The molecule has 1 aromatic carbocycles. The van der Waals surface area contributed by atoms with Crippen LogP contribution >= 0.6 is 11.8 Å². The minimum absolute atomic E-state index is 0.0993. The molecule has 0 aliphatic heterocycles. The Balaban J connectivity index is 1.73. The lowest BCUT2D eigenvalue weighted by atomic mass is 10.1. The first-order chi connectivity index (χ1) is 11.5. The van der Waals surface area contributed by atoms with Crippen molar-refractivity contribution < 1.29 is 4.79 Å². The minimum atomic E-state index is -0.399. The molecule has 0 spiro atoms. The molecule has 0 aliphatic carbocycles. The van der Waals surface area contributed by atoms with Crippen LogP contribution in [0.3, 0.4) is 0 Å². The fourth-order valence-electron chi connectivity index (χ4n) is 2.52. The van der Waals surface area contributed by atoms with Crippen LogP contribution in [0.5, 0.6) is 0 Å². The number of aromatic nitrogens is 4. The molecule has 6 nitrogen and oxygen atoms in total. The van der Waals surface area contributed by atoms with Gasteiger partial charge in [0.1, 0.15) is 12.4 Å². The Morgan fingerprint density at radius 3 is 2.83 bits per heavy atom. The Labute approximate surface area is 144 Å². The topological polar surface area (TPSA) is 86.7 Å². The second-order valence-corrected chi connectivity index (χ2v) is 7.12. The summed E-state index contributed by atoms with van der Waals surface area (Å²) >= 11 is 1.57. The number of nitrogens with two attached hydrogens (primary N) is 1. The maximum atomic E-state index is 11.2. The summed E-state index contributed by atoms with van der Waals surface area (Å²) in [5, 5.41) is 10.3. The van der Waals surface area contributed by atoms with E-state index in [1.54, 1.807) is 16.3 Å². The summed E-state index contributed by atoms with van der Waals surface area (Å²) in [4.78, 5) is 15.9. The molecule has 7 heteroatoms. The molecule has 2 aromatic heterocycles. The molecule has 0 saturated carbocycles. The molecule has 24 heavy (non-hydrogen) atoms. The highest BCUT2D eigenvalue weighted by molar-refractivity contribution is 7.99. The lowest BCUT2D eigenvalue weighted by molar-refractivity contribution is -0.118. The smallest absolute Gasteiger partial charge is 0.237 e. The van der Waals surface area contributed by atoms with E-state index in [0.717, 1.165) is 23.0 Å². The quantitative estimate of drug-likeness (QED) is 0.695. The number of para-hydroxylation sites is 1. The highest BCUT2D eigenvalue weighted by atomic mass is 32.2. The van der Waals surface area contributed by atoms with E-state index in [0.29, 0.717) is 11.0 Å². The summed E-state index contributed by atoms with van der Waals surface area (Å²) in [7, 11) is 0. The summed E-state index contributed by atoms with van der Waals surface area (Å²) in [6.07, 6.45) is 0.804. The summed E-state index contributed by atoms with van der Waals surface area (Å²) in [5.41, 5.74) is 7.33. The van der Waals surface area contributed by atoms with Crippen LogP contribution in [0.25, 0.3) is 10.9 Å². The molecule has 1 atom stereocenters. The van der Waals surface area contributed by atoms with Gasteiger partial charge in [-0.2, -0.15) is 0 Å². The van der Waals surface area contributed by atoms with Gasteiger partial charge < -0.3 is 5.73 Å². The molecule has 2 N–H and O–H groups in total. The van der Waals surface area contributed by atoms with Crippen LogP contribution < -0.4 is 5.73 Å². The normalized spacial score (nSPS) is 12.4. The number of rotatable bonds is 6. The van der Waals surface area contributed by atoms with E-state index in [-0.39, 0.29) is 11.8 Å². The first kappa shape index (κ1) is 16.4. The second kappa shape index (κ2) is 7.00. The number of aryl methyl sites for hydroxylation is 1. The summed E-state index contributed by atoms with van der Waals surface area (Å²) in [5.74, 6) is 0.288. The molecule has 0 aliphatic rings. The van der Waals surface area contributed by atoms with Crippen LogP contribution in [-0.2, 0) is 17.8 Å². The molecule has 3 aromatic rings. The van der Waals surface area contributed by atoms with Gasteiger partial charge in [-0.25, -0.2) is 0 Å². The fourth-order valence-corrected chi connectivity index (χ4v) is 3.55. The first-order valence-electron chi connectivity index (χ1n) is 7.72. The Kier molecular flexibility index (Phi) is 4.80. The molecular formula is C17H19N5OS. The lowest BCUT2D eigenvalue weighted by Crippen LogP contribution is -2.20. The number of hydrogen-bond acceptors (Lipinski definition) is 5. The van der Waals surface area contributed by atoms with Crippen molar-refractivity contribution in [2.75, 3.05) is 0 Å². The number of thioether (sulfide) groups is 1. The van der Waals surface area contributed by atoms with Crippen LogP contribution in [0.1, 0.15) is 18.4 Å². The van der Waals surface area contributed by atoms with Crippen molar-refractivity contribution >= 4 is 28.6 Å². The van der Waals surface area contributed by atoms with Gasteiger partial charge in [0, 0.05) is 22.8 Å². The average Bonchev–Trinajstić information content (AvgIpc) is 2.87. The van der Waals surface area contributed by atoms with Crippen LogP contribution in [-0.4, -0.2) is 30.9 Å². The van der Waals surface area contributed by atoms with E-state index in [9.17, 15) is 4.79 Å². The van der Waals surface area contributed by atoms with E-state index in [4.69, 9.17) is 10.7 Å². The second-order valence-electron chi connectivity index (χ2n) is 5.71. The third-order valence-electron chi connectivity index (χ3n) is 3.68. The van der Waals surface area contributed by atoms with Gasteiger partial charge in [-0.15, -0.1) is 10.2 Å². The van der Waals surface area contributed by atoms with Gasteiger partial charge in [-0.1, -0.05) is 43.0 Å². The molecule has 2 heterocycles. The number of fused-ring (bicyclic) bond motifs is 1. The van der Waals surface area contributed by atoms with Gasteiger partial charge in [-0.05, 0) is 19.1 Å². The number of pyridine rings is 1. The van der Waals surface area contributed by atoms with Crippen molar-refractivity contribution in [3.8, 4) is 0 Å². The van der Waals surface area contributed by atoms with Crippen LogP contribution in [0.4, 0.5) is 0 Å². The number of hydrogen-bond donors (Lipinski definition) is 1. The first-order valence-corrected chi connectivity index (χ1v) is 8.60. The third-order valence-corrected chi connectivity index (χ3v) is 4.76. The molecule has 1 amide bonds. The highest BCUT2D eigenvalue weighted by Crippen LogP contribution is 2.25. The van der Waals surface area contributed by atoms with Crippen molar-refractivity contribution in [2.24, 2.45) is 5.73 Å². The number of benzene rings is 1. The monoisotopic (exact) mass is 341 g/mol. The van der Waals surface area contributed by atoms with Gasteiger partial charge in [0.05, 0.1) is 5.52 Å². The van der Waals surface area contributed by atoms with Gasteiger partial charge in [0.25, 0.3) is 0 Å². The van der Waals surface area contributed by atoms with Gasteiger partial charge in [0.15, 0.2) is 5.16 Å². The average molecular weight is 341 g/mol. The Bertz CT molecular complexity index is 876. The van der Waals surface area contributed by atoms with Crippen LogP contribution in [0, 0.1) is 6.92 Å². The Hall–Kier alpha value is -2.41. The highest BCUT2D eigenvalue weighted by Gasteiger charge is 2.15. The maximum absolute atomic E-state index is 11.2. The van der Waals surface area contributed by atoms with Crippen molar-refractivity contribution in [3.63, 3.8) is 0 Å². The van der Waals surface area contributed by atoms with E-state index >= 15 is 0 Å². The van der Waals surface area contributed by atoms with E-state index in [2.05, 4.69) is 35.3 Å². The standard InChI is InChI=1S/C17H19N5OS/c1-11(24-17-21-20-12(2)22(17)10-16(18)23)9-14-8-7-13-5-3-4-6-15(13)19-14/h3-8,11H,9-10H2,1-2H3,(H2,18,23)/t11-/m0/s1. The zero-order valence-electron chi connectivity index (χ0n) is 13.6. The number of amides is 1.